The molecule has 0 aromatic heterocycles. The van der Waals surface area contributed by atoms with Gasteiger partial charge in [0.2, 0.25) is 0 Å². The molecule has 0 bridgehead atoms. The largest absolute Gasteiger partial charge is 0.506 e. The molecule has 8 nitrogen and oxygen atoms in total. The summed E-state index contributed by atoms with van der Waals surface area (Å²) in [6, 6.07) is 0. The molecule has 3 heterocycles. The number of carbonyl (C=O) groups is 2. The molecule has 0 radical (unpaired) electrons. The number of phenolic OH excluding ortho intramolecular Hbond substituents is 1. The molecule has 1 aromatic carbocycles. The molecule has 41 heavy (non-hydrogen) atoms. The third-order valence-electron chi connectivity index (χ3n) is 9.14. The smallest absolute Gasteiger partial charge is 0.199 e. The van der Waals surface area contributed by atoms with E-state index >= 15 is 0 Å². The second kappa shape index (κ2) is 10.1. The first-order valence-corrected chi connectivity index (χ1v) is 14.4. The van der Waals surface area contributed by atoms with E-state index in [0.29, 0.717) is 29.5 Å². The molecule has 1 aliphatic carbocycles. The molecule has 0 saturated carbocycles. The average molecular weight is 567 g/mol. The van der Waals surface area contributed by atoms with Crippen LogP contribution < -0.4 is 9.47 Å². The summed E-state index contributed by atoms with van der Waals surface area (Å²) in [6.45, 7) is 13.6. The number of aliphatic hydroxyl groups excluding tert-OH is 1. The second-order valence-corrected chi connectivity index (χ2v) is 13.3. The molecular weight excluding hydrogens is 524 g/mol. The summed E-state index contributed by atoms with van der Waals surface area (Å²) in [5.41, 5.74) is 0.0355. The van der Waals surface area contributed by atoms with Crippen LogP contribution in [0.5, 0.6) is 17.2 Å². The molecule has 0 amide bonds. The lowest BCUT2D eigenvalue weighted by molar-refractivity contribution is -0.113. The summed E-state index contributed by atoms with van der Waals surface area (Å²) < 4.78 is 24.9. The van der Waals surface area contributed by atoms with E-state index in [0.717, 1.165) is 12.7 Å². The Hall–Kier alpha value is -2.94. The van der Waals surface area contributed by atoms with Crippen molar-refractivity contribution in [3.05, 3.63) is 46.1 Å². The number of aromatic hydroxyl groups is 1. The quantitative estimate of drug-likeness (QED) is 0.236. The van der Waals surface area contributed by atoms with Gasteiger partial charge >= 0.3 is 0 Å². The highest BCUT2D eigenvalue weighted by molar-refractivity contribution is 6.15. The number of fused-ring (bicyclic) bond motifs is 3. The topological polar surface area (TPSA) is 115 Å². The predicted molar refractivity (Wildman–Crippen MR) is 154 cm³/mol. The number of methoxy groups -OCH3 is 1. The minimum atomic E-state index is -1.18. The van der Waals surface area contributed by atoms with E-state index in [4.69, 9.17) is 18.9 Å². The highest BCUT2D eigenvalue weighted by atomic mass is 16.6. The normalized spacial score (nSPS) is 30.1. The van der Waals surface area contributed by atoms with Gasteiger partial charge in [0.25, 0.3) is 0 Å². The number of epoxide rings is 1. The van der Waals surface area contributed by atoms with Gasteiger partial charge in [-0.1, -0.05) is 17.7 Å². The van der Waals surface area contributed by atoms with E-state index < -0.39 is 46.8 Å². The van der Waals surface area contributed by atoms with E-state index in [9.17, 15) is 19.8 Å². The summed E-state index contributed by atoms with van der Waals surface area (Å²) >= 11 is 0. The SMILES string of the molecule is COC(C)(C)[C@H]1CC(C=O)C=C2C(=O)c3c(O)c4c(c(C(O)C5OC5(C)C)c3OC21)O[C@](C)(CCC=C(C)C)C=C4. The molecule has 1 aromatic rings. The van der Waals surface area contributed by atoms with Crippen LogP contribution >= 0.6 is 0 Å². The Morgan fingerprint density at radius 1 is 1.24 bits per heavy atom. The van der Waals surface area contributed by atoms with Crippen LogP contribution in [0, 0.1) is 11.8 Å². The number of hydrogen-bond donors (Lipinski definition) is 2. The van der Waals surface area contributed by atoms with Crippen molar-refractivity contribution in [2.75, 3.05) is 7.11 Å². The molecule has 6 atom stereocenters. The lowest BCUT2D eigenvalue weighted by Crippen LogP contribution is -2.50. The fourth-order valence-electron chi connectivity index (χ4n) is 6.34. The fraction of sp³-hybridized carbons (Fsp3) is 0.576. The number of ether oxygens (including phenoxy) is 4. The van der Waals surface area contributed by atoms with Gasteiger partial charge in [0.1, 0.15) is 53.0 Å². The van der Waals surface area contributed by atoms with Gasteiger partial charge in [-0.05, 0) is 79.9 Å². The van der Waals surface area contributed by atoms with Crippen LogP contribution in [0.3, 0.4) is 0 Å². The average Bonchev–Trinajstić information content (AvgIpc) is 3.55. The third-order valence-corrected chi connectivity index (χ3v) is 9.14. The summed E-state index contributed by atoms with van der Waals surface area (Å²) in [5, 5.41) is 23.3. The van der Waals surface area contributed by atoms with Gasteiger partial charge in [0, 0.05) is 24.5 Å². The Balaban J connectivity index is 1.70. The Morgan fingerprint density at radius 2 is 1.93 bits per heavy atom. The van der Waals surface area contributed by atoms with Crippen molar-refractivity contribution in [3.63, 3.8) is 0 Å². The maximum Gasteiger partial charge on any atom is 0.199 e. The monoisotopic (exact) mass is 566 g/mol. The van der Waals surface area contributed by atoms with Crippen LogP contribution in [-0.2, 0) is 14.3 Å². The number of Topliss-reactive ketones (excluding diaryl/α,β-unsaturated/α-hetero) is 1. The summed E-state index contributed by atoms with van der Waals surface area (Å²) in [7, 11) is 1.59. The molecule has 1 saturated heterocycles. The van der Waals surface area contributed by atoms with Gasteiger partial charge in [0.15, 0.2) is 5.78 Å². The van der Waals surface area contributed by atoms with Crippen molar-refractivity contribution < 1.29 is 38.7 Å². The summed E-state index contributed by atoms with van der Waals surface area (Å²) in [6.07, 6.45) is 7.63. The first kappa shape index (κ1) is 29.5. The molecule has 1 fully saturated rings. The van der Waals surface area contributed by atoms with Crippen molar-refractivity contribution in [2.24, 2.45) is 11.8 Å². The molecule has 3 aliphatic heterocycles. The maximum atomic E-state index is 14.2. The van der Waals surface area contributed by atoms with E-state index in [1.807, 2.05) is 54.5 Å². The van der Waals surface area contributed by atoms with Gasteiger partial charge in [0.05, 0.1) is 22.3 Å². The van der Waals surface area contributed by atoms with Gasteiger partial charge in [-0.3, -0.25) is 4.79 Å². The van der Waals surface area contributed by atoms with Crippen LogP contribution in [-0.4, -0.2) is 58.4 Å². The lowest BCUT2D eigenvalue weighted by atomic mass is 9.70. The van der Waals surface area contributed by atoms with Crippen molar-refractivity contribution >= 4 is 18.1 Å². The van der Waals surface area contributed by atoms with Crippen LogP contribution in [0.15, 0.2) is 29.4 Å². The van der Waals surface area contributed by atoms with Gasteiger partial charge in [-0.15, -0.1) is 0 Å². The number of ketones is 1. The fourth-order valence-corrected chi connectivity index (χ4v) is 6.34. The number of carbonyl (C=O) groups excluding carboxylic acids is 2. The number of aliphatic hydroxyl groups is 1. The van der Waals surface area contributed by atoms with Gasteiger partial charge in [-0.25, -0.2) is 0 Å². The number of allylic oxidation sites excluding steroid dienone is 3. The Labute approximate surface area is 242 Å². The Bertz CT molecular complexity index is 1360. The Morgan fingerprint density at radius 3 is 2.51 bits per heavy atom. The highest BCUT2D eigenvalue weighted by Gasteiger charge is 2.56. The molecule has 5 rings (SSSR count). The third kappa shape index (κ3) is 5.04. The zero-order valence-corrected chi connectivity index (χ0v) is 25.2. The van der Waals surface area contributed by atoms with E-state index in [-0.39, 0.29) is 28.7 Å². The molecule has 2 N–H and O–H groups in total. The van der Waals surface area contributed by atoms with E-state index in [1.54, 1.807) is 19.3 Å². The predicted octanol–water partition coefficient (Wildman–Crippen LogP) is 5.64. The van der Waals surface area contributed by atoms with Crippen LogP contribution in [0.25, 0.3) is 6.08 Å². The van der Waals surface area contributed by atoms with Crippen LogP contribution in [0.2, 0.25) is 0 Å². The standard InChI is InChI=1S/C33H42O8/c1-17(2)10-9-12-33(7)13-11-19-24(35)22-25(36)20-14-18(16-34)15-21(31(3,4)38-8)27(20)39-29(22)23(28(19)40-33)26(37)30-32(5,6)41-30/h10-11,13-14,16,18,21,26-27,30,35,37H,9,12,15H2,1-8H3/t18?,21-,26?,27?,30?,33+/m0/s1. The molecule has 222 valence electrons. The van der Waals surface area contributed by atoms with Crippen molar-refractivity contribution in [2.45, 2.75) is 103 Å². The minimum Gasteiger partial charge on any atom is -0.506 e. The second-order valence-electron chi connectivity index (χ2n) is 13.3. The number of aldehydes is 1. The van der Waals surface area contributed by atoms with Crippen molar-refractivity contribution in [1.82, 2.24) is 0 Å². The molecule has 4 aliphatic rings. The molecule has 4 unspecified atom stereocenters. The first-order chi connectivity index (χ1) is 19.1. The zero-order valence-electron chi connectivity index (χ0n) is 25.2. The number of benzene rings is 1. The Kier molecular flexibility index (Phi) is 7.28. The lowest BCUT2D eigenvalue weighted by Gasteiger charge is -2.45. The van der Waals surface area contributed by atoms with Crippen LogP contribution in [0.4, 0.5) is 0 Å². The van der Waals surface area contributed by atoms with Gasteiger partial charge < -0.3 is 34.0 Å². The number of phenols is 1. The maximum absolute atomic E-state index is 14.2. The summed E-state index contributed by atoms with van der Waals surface area (Å²) in [4.78, 5) is 26.1. The van der Waals surface area contributed by atoms with Gasteiger partial charge in [-0.2, -0.15) is 0 Å². The van der Waals surface area contributed by atoms with Crippen LogP contribution in [0.1, 0.15) is 95.3 Å². The summed E-state index contributed by atoms with van der Waals surface area (Å²) in [5.74, 6) is -1.18. The number of hydrogen-bond acceptors (Lipinski definition) is 8. The first-order valence-electron chi connectivity index (χ1n) is 14.4. The zero-order chi connectivity index (χ0) is 30.1. The van der Waals surface area contributed by atoms with E-state index in [1.165, 1.54) is 5.57 Å². The number of rotatable bonds is 8. The molecular formula is C33H42O8. The van der Waals surface area contributed by atoms with Crippen molar-refractivity contribution in [1.29, 1.82) is 0 Å². The minimum absolute atomic E-state index is 0.0410. The highest BCUT2D eigenvalue weighted by Crippen LogP contribution is 2.57. The van der Waals surface area contributed by atoms with E-state index in [2.05, 4.69) is 6.08 Å². The van der Waals surface area contributed by atoms with Crippen molar-refractivity contribution in [3.8, 4) is 17.2 Å². The molecule has 8 heteroatoms. The molecule has 0 spiro atoms.